The first-order valence-corrected chi connectivity index (χ1v) is 3.36. The summed E-state index contributed by atoms with van der Waals surface area (Å²) in [5.41, 5.74) is 0. The van der Waals surface area contributed by atoms with Crippen molar-refractivity contribution in [3.8, 4) is 6.07 Å². The number of hydrogen-bond acceptors (Lipinski definition) is 1. The lowest BCUT2D eigenvalue weighted by Crippen LogP contribution is -2.07. The summed E-state index contributed by atoms with van der Waals surface area (Å²) in [6.45, 7) is 8.41. The highest BCUT2D eigenvalue weighted by Gasteiger charge is 2.23. The Balaban J connectivity index is 3.65. The van der Waals surface area contributed by atoms with E-state index in [-0.39, 0.29) is 0 Å². The van der Waals surface area contributed by atoms with E-state index in [2.05, 4.69) is 20.8 Å². The molecule has 1 unspecified atom stereocenters. The monoisotopic (exact) mass is 186 g/mol. The van der Waals surface area contributed by atoms with Gasteiger partial charge < -0.3 is 0 Å². The van der Waals surface area contributed by atoms with E-state index in [1.807, 2.05) is 6.07 Å². The Bertz CT molecular complexity index is 161. The molecule has 48 valence electrons. The lowest BCUT2D eigenvalue weighted by Gasteiger charge is -2.03. The second-order valence-electron chi connectivity index (χ2n) is 1.91. The van der Waals surface area contributed by atoms with Crippen molar-refractivity contribution in [2.75, 3.05) is 0 Å². The number of hydrogen-bond donors (Lipinski definition) is 0. The predicted molar refractivity (Wildman–Crippen MR) is 38.8 cm³/mol. The summed E-state index contributed by atoms with van der Waals surface area (Å²) in [7, 11) is 0. The maximum atomic E-state index is 8.15. The quantitative estimate of drug-likeness (QED) is 0.370. The van der Waals surface area contributed by atoms with E-state index in [4.69, 9.17) is 11.8 Å². The van der Waals surface area contributed by atoms with E-state index in [1.54, 1.807) is 6.92 Å². The van der Waals surface area contributed by atoms with Crippen LogP contribution in [0, 0.1) is 17.9 Å². The molecule has 1 atom stereocenters. The molecule has 0 amide bonds. The van der Waals surface area contributed by atoms with Crippen molar-refractivity contribution in [1.82, 2.24) is 0 Å². The minimum Gasteiger partial charge on any atom is -0.298 e. The smallest absolute Gasteiger partial charge is 0.283 e. The van der Waals surface area contributed by atoms with Gasteiger partial charge in [0.25, 0.3) is 4.45 Å². The van der Waals surface area contributed by atoms with Gasteiger partial charge in [-0.3, -0.25) is 4.85 Å². The summed E-state index contributed by atoms with van der Waals surface area (Å²) in [6.07, 6.45) is 1.02. The van der Waals surface area contributed by atoms with Gasteiger partial charge in [0.2, 0.25) is 0 Å². The van der Waals surface area contributed by atoms with E-state index in [0.717, 1.165) is 0 Å². The van der Waals surface area contributed by atoms with Crippen molar-refractivity contribution in [3.05, 3.63) is 11.4 Å². The Morgan fingerprint density at radius 3 is 2.78 bits per heavy atom. The summed E-state index contributed by atoms with van der Waals surface area (Å²) in [5.74, 6) is 0. The van der Waals surface area contributed by atoms with Crippen molar-refractivity contribution in [3.63, 3.8) is 0 Å². The summed E-state index contributed by atoms with van der Waals surface area (Å²) in [4.78, 5) is 3.27. The van der Waals surface area contributed by atoms with Gasteiger partial charge in [-0.15, -0.1) is 0 Å². The molecule has 0 aromatic heterocycles. The zero-order chi connectivity index (χ0) is 7.33. The molecule has 0 N–H and O–H groups in total. The molecule has 0 aromatic rings. The van der Waals surface area contributed by atoms with Crippen LogP contribution >= 0.6 is 15.9 Å². The highest BCUT2D eigenvalue weighted by atomic mass is 79.9. The molecule has 9 heavy (non-hydrogen) atoms. The van der Waals surface area contributed by atoms with Gasteiger partial charge in [0.1, 0.15) is 0 Å². The normalized spacial score (nSPS) is 15.1. The van der Waals surface area contributed by atoms with E-state index >= 15 is 0 Å². The van der Waals surface area contributed by atoms with E-state index in [0.29, 0.717) is 12.8 Å². The van der Waals surface area contributed by atoms with Crippen LogP contribution in [-0.4, -0.2) is 4.45 Å². The van der Waals surface area contributed by atoms with Crippen LogP contribution in [0.4, 0.5) is 0 Å². The molecule has 2 nitrogen and oxygen atoms in total. The van der Waals surface area contributed by atoms with E-state index in [9.17, 15) is 0 Å². The molecule has 0 heterocycles. The van der Waals surface area contributed by atoms with Crippen LogP contribution in [0.5, 0.6) is 0 Å². The summed E-state index contributed by atoms with van der Waals surface area (Å²) in [6, 6.07) is 1.98. The maximum Gasteiger partial charge on any atom is 0.283 e. The van der Waals surface area contributed by atoms with Crippen LogP contribution in [0.1, 0.15) is 19.8 Å². The fourth-order valence-electron chi connectivity index (χ4n) is 0.340. The number of rotatable bonds is 2. The minimum absolute atomic E-state index is 0.435. The molecular formula is C6H7BrN2. The van der Waals surface area contributed by atoms with Crippen molar-refractivity contribution in [2.24, 2.45) is 0 Å². The lowest BCUT2D eigenvalue weighted by atomic mass is 10.2. The summed E-state index contributed by atoms with van der Waals surface area (Å²) in [5, 5.41) is 8.15. The van der Waals surface area contributed by atoms with Gasteiger partial charge in [-0.25, -0.2) is 6.57 Å². The molecule has 0 rings (SSSR count). The molecule has 0 aromatic carbocycles. The molecular weight excluding hydrogens is 180 g/mol. The van der Waals surface area contributed by atoms with Gasteiger partial charge >= 0.3 is 0 Å². The fraction of sp³-hybridized carbons (Fsp3) is 0.667. The summed E-state index contributed by atoms with van der Waals surface area (Å²) < 4.78 is -0.525. The molecule has 0 radical (unpaired) electrons. The standard InChI is InChI=1S/C6H7BrN2/c1-6(7,9-2)4-3-5-8/h3-4H2,1H3. The van der Waals surface area contributed by atoms with Crippen molar-refractivity contribution >= 4 is 15.9 Å². The number of nitrogens with zero attached hydrogens (tertiary/aromatic N) is 2. The van der Waals surface area contributed by atoms with Crippen molar-refractivity contribution in [1.29, 1.82) is 5.26 Å². The van der Waals surface area contributed by atoms with Gasteiger partial charge in [0.05, 0.1) is 6.07 Å². The van der Waals surface area contributed by atoms with E-state index < -0.39 is 4.45 Å². The molecule has 3 heteroatoms. The van der Waals surface area contributed by atoms with Crippen LogP contribution in [-0.2, 0) is 0 Å². The van der Waals surface area contributed by atoms with Gasteiger partial charge in [0.15, 0.2) is 0 Å². The zero-order valence-electron chi connectivity index (χ0n) is 5.19. The average molecular weight is 187 g/mol. The first-order valence-electron chi connectivity index (χ1n) is 2.57. The van der Waals surface area contributed by atoms with Crippen molar-refractivity contribution < 1.29 is 0 Å². The number of halogens is 1. The average Bonchev–Trinajstić information content (AvgIpc) is 1.84. The van der Waals surface area contributed by atoms with Crippen LogP contribution in [0.2, 0.25) is 0 Å². The van der Waals surface area contributed by atoms with Crippen LogP contribution in [0.25, 0.3) is 4.85 Å². The topological polar surface area (TPSA) is 28.1 Å². The van der Waals surface area contributed by atoms with Crippen LogP contribution in [0.3, 0.4) is 0 Å². The molecule has 0 spiro atoms. The highest BCUT2D eigenvalue weighted by molar-refractivity contribution is 9.10. The lowest BCUT2D eigenvalue weighted by molar-refractivity contribution is 0.723. The Hall–Kier alpha value is -0.540. The largest absolute Gasteiger partial charge is 0.298 e. The van der Waals surface area contributed by atoms with Crippen molar-refractivity contribution in [2.45, 2.75) is 24.2 Å². The number of alkyl halides is 1. The third-order valence-electron chi connectivity index (χ3n) is 0.926. The van der Waals surface area contributed by atoms with Gasteiger partial charge in [-0.05, 0) is 0 Å². The van der Waals surface area contributed by atoms with Gasteiger partial charge in [0, 0.05) is 35.7 Å². The maximum absolute atomic E-state index is 8.15. The van der Waals surface area contributed by atoms with Crippen LogP contribution < -0.4 is 0 Å². The van der Waals surface area contributed by atoms with Gasteiger partial charge in [-0.1, -0.05) is 0 Å². The first kappa shape index (κ1) is 8.46. The molecule has 0 aliphatic rings. The first-order chi connectivity index (χ1) is 4.12. The minimum atomic E-state index is -0.525. The van der Waals surface area contributed by atoms with E-state index in [1.165, 1.54) is 0 Å². The predicted octanol–water partition coefficient (Wildman–Crippen LogP) is 2.32. The third kappa shape index (κ3) is 4.00. The third-order valence-corrected chi connectivity index (χ3v) is 1.50. The fourth-order valence-corrected chi connectivity index (χ4v) is 0.538. The molecule has 0 saturated carbocycles. The van der Waals surface area contributed by atoms with Crippen LogP contribution in [0.15, 0.2) is 0 Å². The second kappa shape index (κ2) is 3.48. The zero-order valence-corrected chi connectivity index (χ0v) is 6.77. The molecule has 0 fully saturated rings. The Kier molecular flexibility index (Phi) is 3.27. The highest BCUT2D eigenvalue weighted by Crippen LogP contribution is 2.24. The Morgan fingerprint density at radius 1 is 1.89 bits per heavy atom. The molecule has 0 aliphatic heterocycles. The Labute approximate surface area is 63.4 Å². The molecule has 0 saturated heterocycles. The van der Waals surface area contributed by atoms with Gasteiger partial charge in [-0.2, -0.15) is 5.26 Å². The SMILES string of the molecule is [C-]#[N+]C(C)(Br)CCC#N. The second-order valence-corrected chi connectivity index (χ2v) is 3.62. The Morgan fingerprint density at radius 2 is 2.44 bits per heavy atom. The molecule has 0 bridgehead atoms. The molecule has 0 aliphatic carbocycles. The number of nitriles is 1. The summed E-state index contributed by atoms with van der Waals surface area (Å²) >= 11 is 3.18.